The van der Waals surface area contributed by atoms with Gasteiger partial charge in [0.1, 0.15) is 5.82 Å². The van der Waals surface area contributed by atoms with Crippen molar-refractivity contribution in [2.24, 2.45) is 0 Å². The molecule has 1 fully saturated rings. The van der Waals surface area contributed by atoms with Crippen molar-refractivity contribution in [2.75, 3.05) is 6.61 Å². The summed E-state index contributed by atoms with van der Waals surface area (Å²) in [5.74, 6) is -0.360. The third-order valence-corrected chi connectivity index (χ3v) is 5.19. The van der Waals surface area contributed by atoms with Crippen LogP contribution in [0.15, 0.2) is 29.1 Å². The molecule has 3 heterocycles. The van der Waals surface area contributed by atoms with Crippen molar-refractivity contribution in [3.05, 3.63) is 51.2 Å². The zero-order valence-corrected chi connectivity index (χ0v) is 15.8. The maximum atomic E-state index is 13.9. The maximum Gasteiger partial charge on any atom is 0.298 e. The highest BCUT2D eigenvalue weighted by atomic mass is 35.5. The Kier molecular flexibility index (Phi) is 4.47. The van der Waals surface area contributed by atoms with Crippen molar-refractivity contribution in [3.63, 3.8) is 0 Å². The van der Waals surface area contributed by atoms with Gasteiger partial charge in [-0.25, -0.2) is 13.8 Å². The van der Waals surface area contributed by atoms with E-state index in [4.69, 9.17) is 16.3 Å². The molecule has 4 rings (SSSR count). The van der Waals surface area contributed by atoms with E-state index in [1.807, 2.05) is 13.8 Å². The molecular formula is C18H19ClFN5O2. The Hall–Kier alpha value is -2.32. The Bertz CT molecular complexity index is 1060. The predicted molar refractivity (Wildman–Crippen MR) is 98.4 cm³/mol. The number of hydrogen-bond donors (Lipinski definition) is 0. The summed E-state index contributed by atoms with van der Waals surface area (Å²) in [6.45, 7) is 4.62. The van der Waals surface area contributed by atoms with Gasteiger partial charge in [0.2, 0.25) is 0 Å². The van der Waals surface area contributed by atoms with E-state index in [0.717, 1.165) is 0 Å². The Morgan fingerprint density at radius 2 is 2.11 bits per heavy atom. The first-order valence-electron chi connectivity index (χ1n) is 8.74. The summed E-state index contributed by atoms with van der Waals surface area (Å²) in [6.07, 6.45) is 1.32. The molecule has 2 aromatic heterocycles. The van der Waals surface area contributed by atoms with Gasteiger partial charge in [-0.05, 0) is 32.8 Å². The predicted octanol–water partition coefficient (Wildman–Crippen LogP) is 2.96. The number of hydrogen-bond acceptors (Lipinski definition) is 5. The quantitative estimate of drug-likeness (QED) is 0.686. The second-order valence-corrected chi connectivity index (χ2v) is 7.69. The number of nitrogens with zero attached hydrogens (tertiary/aromatic N) is 5. The largest absolute Gasteiger partial charge is 0.375 e. The molecule has 0 bridgehead atoms. The summed E-state index contributed by atoms with van der Waals surface area (Å²) >= 11 is 6.32. The minimum atomic E-state index is -0.360. The average Bonchev–Trinajstić information content (AvgIpc) is 2.93. The van der Waals surface area contributed by atoms with Crippen LogP contribution < -0.4 is 5.56 Å². The van der Waals surface area contributed by atoms with Gasteiger partial charge < -0.3 is 4.74 Å². The molecule has 142 valence electrons. The summed E-state index contributed by atoms with van der Waals surface area (Å²) in [6, 6.07) is 6.24. The van der Waals surface area contributed by atoms with Crippen LogP contribution in [0.4, 0.5) is 4.39 Å². The second kappa shape index (κ2) is 6.69. The summed E-state index contributed by atoms with van der Waals surface area (Å²) in [5.41, 5.74) is 0.0978. The lowest BCUT2D eigenvalue weighted by Crippen LogP contribution is -2.39. The Balaban J connectivity index is 1.74. The van der Waals surface area contributed by atoms with Gasteiger partial charge >= 0.3 is 0 Å². The fraction of sp³-hybridized carbons (Fsp3) is 0.444. The van der Waals surface area contributed by atoms with Gasteiger partial charge in [0.05, 0.1) is 18.2 Å². The molecule has 1 saturated heterocycles. The fourth-order valence-electron chi connectivity index (χ4n) is 3.45. The third-order valence-electron chi connectivity index (χ3n) is 4.81. The lowest BCUT2D eigenvalue weighted by Gasteiger charge is -2.35. The smallest absolute Gasteiger partial charge is 0.298 e. The third kappa shape index (κ3) is 3.35. The summed E-state index contributed by atoms with van der Waals surface area (Å²) < 4.78 is 22.4. The first-order chi connectivity index (χ1) is 12.9. The summed E-state index contributed by atoms with van der Waals surface area (Å²) in [4.78, 5) is 12.9. The molecule has 1 aliphatic rings. The first kappa shape index (κ1) is 18.1. The average molecular weight is 392 g/mol. The minimum absolute atomic E-state index is 0.103. The zero-order chi connectivity index (χ0) is 19.2. The molecule has 1 aromatic carbocycles. The van der Waals surface area contributed by atoms with Gasteiger partial charge in [0.25, 0.3) is 5.56 Å². The van der Waals surface area contributed by atoms with Gasteiger partial charge in [-0.15, -0.1) is 5.10 Å². The number of aromatic nitrogens is 5. The molecule has 0 spiro atoms. The molecule has 1 unspecified atom stereocenters. The number of halogens is 2. The monoisotopic (exact) mass is 391 g/mol. The summed E-state index contributed by atoms with van der Waals surface area (Å²) in [5, 5.41) is 12.6. The van der Waals surface area contributed by atoms with Crippen LogP contribution in [0.5, 0.6) is 0 Å². The van der Waals surface area contributed by atoms with Crippen molar-refractivity contribution in [1.29, 1.82) is 0 Å². The summed E-state index contributed by atoms with van der Waals surface area (Å²) in [7, 11) is 0. The van der Waals surface area contributed by atoms with Crippen molar-refractivity contribution in [3.8, 4) is 0 Å². The molecule has 1 aliphatic heterocycles. The normalized spacial score (nSPS) is 19.5. The standard InChI is InChI=1S/C18H19ClFN5O2/c1-18(2)9-12(7-8-27-18)25-17(26)15-14(21-23-25)16(19)24(22-15)10-11-5-3-4-6-13(11)20/h3-6,12H,7-10H2,1-2H3. The fourth-order valence-corrected chi connectivity index (χ4v) is 3.67. The van der Waals surface area contributed by atoms with E-state index >= 15 is 0 Å². The van der Waals surface area contributed by atoms with Crippen LogP contribution in [0.3, 0.4) is 0 Å². The first-order valence-corrected chi connectivity index (χ1v) is 9.12. The van der Waals surface area contributed by atoms with Gasteiger partial charge in [-0.1, -0.05) is 35.0 Å². The van der Waals surface area contributed by atoms with Crippen molar-refractivity contribution >= 4 is 22.6 Å². The van der Waals surface area contributed by atoms with Gasteiger partial charge in [-0.3, -0.25) is 4.79 Å². The van der Waals surface area contributed by atoms with Crippen LogP contribution >= 0.6 is 11.6 Å². The van der Waals surface area contributed by atoms with E-state index in [1.165, 1.54) is 15.4 Å². The van der Waals surface area contributed by atoms with Gasteiger partial charge in [0, 0.05) is 12.2 Å². The topological polar surface area (TPSA) is 74.8 Å². The molecule has 9 heteroatoms. The second-order valence-electron chi connectivity index (χ2n) is 7.33. The van der Waals surface area contributed by atoms with E-state index in [-0.39, 0.29) is 45.8 Å². The van der Waals surface area contributed by atoms with Crippen LogP contribution in [0.2, 0.25) is 5.15 Å². The van der Waals surface area contributed by atoms with E-state index in [0.29, 0.717) is 25.0 Å². The van der Waals surface area contributed by atoms with E-state index in [9.17, 15) is 9.18 Å². The molecule has 0 aliphatic carbocycles. The Labute approximate surface area is 159 Å². The van der Waals surface area contributed by atoms with Crippen LogP contribution in [0, 0.1) is 5.82 Å². The highest BCUT2D eigenvalue weighted by Gasteiger charge is 2.32. The van der Waals surface area contributed by atoms with Gasteiger partial charge in [-0.2, -0.15) is 5.10 Å². The SMILES string of the molecule is CC1(C)CC(n2nnc3c(Cl)n(Cc4ccccc4F)nc3c2=O)CCO1. The minimum Gasteiger partial charge on any atom is -0.375 e. The van der Waals surface area contributed by atoms with Crippen LogP contribution in [-0.2, 0) is 11.3 Å². The molecule has 0 radical (unpaired) electrons. The molecular weight excluding hydrogens is 373 g/mol. The highest BCUT2D eigenvalue weighted by molar-refractivity contribution is 6.33. The van der Waals surface area contributed by atoms with Crippen LogP contribution in [0.25, 0.3) is 11.0 Å². The lowest BCUT2D eigenvalue weighted by atomic mass is 9.94. The molecule has 0 N–H and O–H groups in total. The van der Waals surface area contributed by atoms with E-state index < -0.39 is 0 Å². The van der Waals surface area contributed by atoms with Crippen molar-refractivity contribution < 1.29 is 9.13 Å². The van der Waals surface area contributed by atoms with E-state index in [1.54, 1.807) is 18.2 Å². The van der Waals surface area contributed by atoms with Crippen molar-refractivity contribution in [1.82, 2.24) is 24.8 Å². The molecule has 27 heavy (non-hydrogen) atoms. The van der Waals surface area contributed by atoms with Gasteiger partial charge in [0.15, 0.2) is 16.2 Å². The highest BCUT2D eigenvalue weighted by Crippen LogP contribution is 2.31. The molecule has 1 atom stereocenters. The molecule has 7 nitrogen and oxygen atoms in total. The maximum absolute atomic E-state index is 13.9. The Morgan fingerprint density at radius 1 is 1.33 bits per heavy atom. The molecule has 3 aromatic rings. The van der Waals surface area contributed by atoms with E-state index in [2.05, 4.69) is 15.4 Å². The van der Waals surface area contributed by atoms with Crippen molar-refractivity contribution in [2.45, 2.75) is 44.9 Å². The number of fused-ring (bicyclic) bond motifs is 1. The van der Waals surface area contributed by atoms with Crippen LogP contribution in [0.1, 0.15) is 38.3 Å². The van der Waals surface area contributed by atoms with Crippen LogP contribution in [-0.4, -0.2) is 37.0 Å². The Morgan fingerprint density at radius 3 is 2.85 bits per heavy atom. The number of benzene rings is 1. The molecule has 0 amide bonds. The molecule has 0 saturated carbocycles. The zero-order valence-electron chi connectivity index (χ0n) is 15.0. The lowest BCUT2D eigenvalue weighted by molar-refractivity contribution is -0.0717. The number of ether oxygens (including phenoxy) is 1. The number of rotatable bonds is 3.